The van der Waals surface area contributed by atoms with E-state index in [0.717, 1.165) is 5.82 Å². The summed E-state index contributed by atoms with van der Waals surface area (Å²) in [7, 11) is 3.88. The number of aryl methyl sites for hydroxylation is 3. The van der Waals surface area contributed by atoms with Gasteiger partial charge in [0.05, 0.1) is 14.1 Å². The van der Waals surface area contributed by atoms with Crippen LogP contribution in [0.2, 0.25) is 0 Å². The molecule has 0 spiro atoms. The molecule has 5 aromatic rings. The zero-order valence-corrected chi connectivity index (χ0v) is 19.5. The molecule has 4 aromatic carbocycles. The molecule has 0 saturated carbocycles. The lowest BCUT2D eigenvalue weighted by atomic mass is 9.13. The first-order valence-electron chi connectivity index (χ1n) is 11.4. The van der Waals surface area contributed by atoms with Gasteiger partial charge in [-0.25, -0.2) is 4.57 Å². The van der Waals surface area contributed by atoms with Crippen LogP contribution in [0.25, 0.3) is 0 Å². The number of hydrogen-bond acceptors (Lipinski definition) is 1. The summed E-state index contributed by atoms with van der Waals surface area (Å²) < 4.78 is 3.76. The molecular weight excluding hydrogens is 401 g/mol. The summed E-state index contributed by atoms with van der Waals surface area (Å²) in [6.07, 6.45) is 0.710. The number of rotatable bonds is 4. The highest BCUT2D eigenvalue weighted by molar-refractivity contribution is 7.19. The highest BCUT2D eigenvalue weighted by atomic mass is 15.3. The molecule has 0 aliphatic heterocycles. The minimum absolute atomic E-state index is 1.03. The van der Waals surface area contributed by atoms with Gasteiger partial charge in [-0.1, -0.05) is 121 Å². The van der Waals surface area contributed by atoms with Crippen molar-refractivity contribution in [1.82, 2.24) is 9.78 Å². The molecule has 0 N–H and O–H groups in total. The van der Waals surface area contributed by atoms with Crippen LogP contribution in [0.5, 0.6) is 0 Å². The number of hydrogen-bond donors (Lipinski definition) is 0. The van der Waals surface area contributed by atoms with E-state index in [2.05, 4.69) is 126 Å². The quantitative estimate of drug-likeness (QED) is 0.317. The van der Waals surface area contributed by atoms with Gasteiger partial charge < -0.3 is 0 Å². The minimum atomic E-state index is -1.22. The summed E-state index contributed by atoms with van der Waals surface area (Å²) in [6, 6.07) is 43.5. The van der Waals surface area contributed by atoms with Crippen molar-refractivity contribution in [2.45, 2.75) is 6.92 Å². The van der Waals surface area contributed by atoms with E-state index in [1.807, 2.05) is 31.9 Å². The van der Waals surface area contributed by atoms with Gasteiger partial charge in [0.1, 0.15) is 6.15 Å². The van der Waals surface area contributed by atoms with Crippen LogP contribution in [0.1, 0.15) is 5.82 Å². The molecule has 33 heavy (non-hydrogen) atoms. The van der Waals surface area contributed by atoms with Gasteiger partial charge in [0.15, 0.2) is 0 Å². The Morgan fingerprint density at radius 2 is 0.879 bits per heavy atom. The average molecular weight is 431 g/mol. The molecule has 1 aromatic heterocycles. The third-order valence-electron chi connectivity index (χ3n) is 6.35. The summed E-state index contributed by atoms with van der Waals surface area (Å²) in [6.45, 7) is 1.97. The molecule has 0 aliphatic carbocycles. The maximum Gasteiger partial charge on any atom is 0.274 e. The van der Waals surface area contributed by atoms with Crippen molar-refractivity contribution < 1.29 is 4.57 Å². The van der Waals surface area contributed by atoms with Crippen LogP contribution in [0, 0.1) is 6.92 Å². The van der Waals surface area contributed by atoms with E-state index in [-0.39, 0.29) is 0 Å². The van der Waals surface area contributed by atoms with Gasteiger partial charge in [-0.2, -0.15) is 21.9 Å². The van der Waals surface area contributed by atoms with Crippen LogP contribution in [0.3, 0.4) is 0 Å². The Bertz CT molecular complexity index is 1090. The molecule has 5 rings (SSSR count). The molecule has 0 bridgehead atoms. The Balaban J connectivity index is 0.000000275. The molecule has 0 atom stereocenters. The average Bonchev–Trinajstić information content (AvgIpc) is 3.17. The standard InChI is InChI=1S/C24H20B.C5H10N3/c1-5-13-21(14-6-1)25(22-15-7-2-8-16-22,23-17-9-3-10-18-23)24-19-11-4-12-20-24;1-5-6-8(3)4-7(5)2/h1-20H;4H,1-3H3/q-1;+1. The van der Waals surface area contributed by atoms with Crippen LogP contribution < -0.4 is 26.4 Å². The molecular formula is C29H30BN3. The van der Waals surface area contributed by atoms with E-state index < -0.39 is 6.15 Å². The third-order valence-corrected chi connectivity index (χ3v) is 6.35. The van der Waals surface area contributed by atoms with Gasteiger partial charge in [0.2, 0.25) is 6.33 Å². The molecule has 0 saturated heterocycles. The first-order chi connectivity index (χ1) is 16.1. The molecule has 4 heteroatoms. The fourth-order valence-corrected chi connectivity index (χ4v) is 4.78. The van der Waals surface area contributed by atoms with Crippen molar-refractivity contribution in [2.75, 3.05) is 0 Å². The van der Waals surface area contributed by atoms with Crippen LogP contribution in [0.15, 0.2) is 128 Å². The SMILES string of the molecule is Cc1nn(C)c[n+]1C.c1ccc([B-](c2ccccc2)(c2ccccc2)c2ccccc2)cc1. The first-order valence-corrected chi connectivity index (χ1v) is 11.4. The fraction of sp³-hybridized carbons (Fsp3) is 0.103. The van der Waals surface area contributed by atoms with Gasteiger partial charge in [0.25, 0.3) is 5.82 Å². The summed E-state index contributed by atoms with van der Waals surface area (Å²) in [5.74, 6) is 1.03. The highest BCUT2D eigenvalue weighted by Gasteiger charge is 2.30. The number of aromatic nitrogens is 3. The van der Waals surface area contributed by atoms with E-state index in [0.29, 0.717) is 0 Å². The second-order valence-corrected chi connectivity index (χ2v) is 8.46. The zero-order valence-electron chi connectivity index (χ0n) is 19.5. The lowest BCUT2D eigenvalue weighted by Gasteiger charge is -2.44. The van der Waals surface area contributed by atoms with Crippen molar-refractivity contribution in [2.24, 2.45) is 14.1 Å². The van der Waals surface area contributed by atoms with Gasteiger partial charge in [-0.05, 0) is 0 Å². The van der Waals surface area contributed by atoms with E-state index in [1.165, 1.54) is 21.9 Å². The van der Waals surface area contributed by atoms with Crippen molar-refractivity contribution in [3.8, 4) is 0 Å². The Morgan fingerprint density at radius 3 is 1.06 bits per heavy atom. The fourth-order valence-electron chi connectivity index (χ4n) is 4.78. The summed E-state index contributed by atoms with van der Waals surface area (Å²) >= 11 is 0. The molecule has 3 nitrogen and oxygen atoms in total. The smallest absolute Gasteiger partial charge is 0.238 e. The van der Waals surface area contributed by atoms with Crippen LogP contribution in [0.4, 0.5) is 0 Å². The maximum atomic E-state index is 4.09. The second-order valence-electron chi connectivity index (χ2n) is 8.46. The van der Waals surface area contributed by atoms with Crippen molar-refractivity contribution in [1.29, 1.82) is 0 Å². The van der Waals surface area contributed by atoms with Gasteiger partial charge in [0, 0.05) is 12.0 Å². The summed E-state index contributed by atoms with van der Waals surface area (Å²) in [4.78, 5) is 0. The molecule has 0 radical (unpaired) electrons. The Kier molecular flexibility index (Phi) is 6.84. The van der Waals surface area contributed by atoms with Crippen molar-refractivity contribution in [3.05, 3.63) is 133 Å². The zero-order chi connectivity index (χ0) is 23.1. The van der Waals surface area contributed by atoms with Crippen LogP contribution in [-0.2, 0) is 14.1 Å². The normalized spacial score (nSPS) is 10.9. The molecule has 1 heterocycles. The molecule has 0 fully saturated rings. The number of nitrogens with zero attached hydrogens (tertiary/aromatic N) is 3. The highest BCUT2D eigenvalue weighted by Crippen LogP contribution is 2.09. The monoisotopic (exact) mass is 431 g/mol. The maximum absolute atomic E-state index is 4.09. The molecule has 0 unspecified atom stereocenters. The lowest BCUT2D eigenvalue weighted by Crippen LogP contribution is -2.74. The predicted octanol–water partition coefficient (Wildman–Crippen LogP) is 2.62. The van der Waals surface area contributed by atoms with Crippen LogP contribution >= 0.6 is 0 Å². The van der Waals surface area contributed by atoms with Gasteiger partial charge in [-0.3, -0.25) is 0 Å². The summed E-state index contributed by atoms with van der Waals surface area (Å²) in [5.41, 5.74) is 5.36. The van der Waals surface area contributed by atoms with Crippen molar-refractivity contribution in [3.63, 3.8) is 0 Å². The predicted molar refractivity (Wildman–Crippen MR) is 139 cm³/mol. The Hall–Kier alpha value is -3.92. The Labute approximate surface area is 196 Å². The molecule has 0 aliphatic rings. The third kappa shape index (κ3) is 4.65. The molecule has 164 valence electrons. The van der Waals surface area contributed by atoms with Crippen molar-refractivity contribution >= 4 is 28.0 Å². The summed E-state index contributed by atoms with van der Waals surface area (Å²) in [5, 5.41) is 4.09. The minimum Gasteiger partial charge on any atom is -0.238 e. The lowest BCUT2D eigenvalue weighted by molar-refractivity contribution is -0.678. The largest absolute Gasteiger partial charge is 0.274 e. The second kappa shape index (κ2) is 10.1. The number of benzene rings is 4. The van der Waals surface area contributed by atoms with E-state index >= 15 is 0 Å². The first kappa shape index (κ1) is 22.3. The van der Waals surface area contributed by atoms with E-state index in [9.17, 15) is 0 Å². The van der Waals surface area contributed by atoms with Gasteiger partial charge in [-0.15, -0.1) is 4.68 Å². The molecule has 0 amide bonds. The van der Waals surface area contributed by atoms with Crippen LogP contribution in [-0.4, -0.2) is 15.9 Å². The Morgan fingerprint density at radius 1 is 0.576 bits per heavy atom. The topological polar surface area (TPSA) is 21.7 Å². The van der Waals surface area contributed by atoms with E-state index in [4.69, 9.17) is 0 Å². The van der Waals surface area contributed by atoms with E-state index in [1.54, 1.807) is 4.68 Å². The van der Waals surface area contributed by atoms with Gasteiger partial charge >= 0.3 is 0 Å².